The van der Waals surface area contributed by atoms with Crippen molar-refractivity contribution in [3.8, 4) is 16.9 Å². The molecule has 0 radical (unpaired) electrons. The van der Waals surface area contributed by atoms with Gasteiger partial charge in [-0.05, 0) is 72.9 Å². The highest BCUT2D eigenvalue weighted by Gasteiger charge is 2.30. The molecule has 0 saturated heterocycles. The zero-order valence-electron chi connectivity index (χ0n) is 22.7. The molecule has 4 aromatic carbocycles. The first-order valence-corrected chi connectivity index (χ1v) is 13.1. The topological polar surface area (TPSA) is 66.8 Å². The second-order valence-corrected chi connectivity index (χ2v) is 9.95. The molecule has 0 atom stereocenters. The predicted molar refractivity (Wildman–Crippen MR) is 151 cm³/mol. The third-order valence-corrected chi connectivity index (χ3v) is 6.40. The van der Waals surface area contributed by atoms with Gasteiger partial charge in [0.25, 0.3) is 5.91 Å². The van der Waals surface area contributed by atoms with Gasteiger partial charge in [0.1, 0.15) is 12.3 Å². The quantitative estimate of drug-likeness (QED) is 0.218. The number of alkyl halides is 3. The number of hydrogen-bond acceptors (Lipinski definition) is 3. The molecule has 4 rings (SSSR count). The molecule has 0 aliphatic carbocycles. The number of carboxylic acid groups (broad SMARTS) is 1. The van der Waals surface area contributed by atoms with E-state index < -0.39 is 30.2 Å². The number of aliphatic carboxylic acids is 1. The number of amides is 1. The van der Waals surface area contributed by atoms with Gasteiger partial charge in [-0.2, -0.15) is 13.2 Å². The van der Waals surface area contributed by atoms with Gasteiger partial charge in [-0.25, -0.2) is 0 Å². The Morgan fingerprint density at radius 2 is 1.51 bits per heavy atom. The first kappa shape index (κ1) is 29.4. The Bertz CT molecular complexity index is 1500. The van der Waals surface area contributed by atoms with Crippen LogP contribution in [0.3, 0.4) is 0 Å². The Morgan fingerprint density at radius 1 is 0.854 bits per heavy atom. The highest BCUT2D eigenvalue weighted by atomic mass is 19.4. The van der Waals surface area contributed by atoms with Crippen molar-refractivity contribution in [2.45, 2.75) is 39.1 Å². The van der Waals surface area contributed by atoms with Gasteiger partial charge in [0.05, 0.1) is 11.7 Å². The third-order valence-electron chi connectivity index (χ3n) is 6.40. The van der Waals surface area contributed by atoms with Crippen molar-refractivity contribution in [2.24, 2.45) is 0 Å². The Morgan fingerprint density at radius 3 is 2.15 bits per heavy atom. The summed E-state index contributed by atoms with van der Waals surface area (Å²) in [6.45, 7) is 3.10. The van der Waals surface area contributed by atoms with Crippen molar-refractivity contribution >= 4 is 11.9 Å². The van der Waals surface area contributed by atoms with Crippen LogP contribution in [0, 0.1) is 0 Å². The fourth-order valence-corrected chi connectivity index (χ4v) is 4.55. The van der Waals surface area contributed by atoms with E-state index in [1.807, 2.05) is 74.5 Å². The summed E-state index contributed by atoms with van der Waals surface area (Å²) in [5.74, 6) is -1.07. The van der Waals surface area contributed by atoms with E-state index in [0.717, 1.165) is 33.7 Å². The Balaban J connectivity index is 1.73. The minimum atomic E-state index is -4.50. The highest BCUT2D eigenvalue weighted by Crippen LogP contribution is 2.33. The molecule has 0 aliphatic rings. The van der Waals surface area contributed by atoms with Gasteiger partial charge in [-0.3, -0.25) is 9.59 Å². The molecule has 8 heteroatoms. The molecule has 1 amide bonds. The summed E-state index contributed by atoms with van der Waals surface area (Å²) in [6.07, 6.45) is -4.14. The van der Waals surface area contributed by atoms with Crippen LogP contribution in [0.5, 0.6) is 5.75 Å². The standard InChI is InChI=1S/C33H30F3NO4/c1-22(2)41-30-11-7-6-10-28(30)25-14-17-29(26(19-25)18-23-8-4-3-5-9-23)32(40)37(21-31(38)39)20-24-12-15-27(16-13-24)33(34,35)36/h3-17,19,22H,18,20-21H2,1-2H3,(H,38,39). The summed E-state index contributed by atoms with van der Waals surface area (Å²) in [5, 5.41) is 9.55. The number of para-hydroxylation sites is 1. The summed E-state index contributed by atoms with van der Waals surface area (Å²) in [6, 6.07) is 26.9. The average molecular weight is 562 g/mol. The molecular formula is C33H30F3NO4. The van der Waals surface area contributed by atoms with E-state index >= 15 is 0 Å². The van der Waals surface area contributed by atoms with E-state index in [4.69, 9.17) is 4.74 Å². The van der Waals surface area contributed by atoms with Crippen LogP contribution in [0.4, 0.5) is 13.2 Å². The lowest BCUT2D eigenvalue weighted by Gasteiger charge is -2.23. The second kappa shape index (κ2) is 12.7. The van der Waals surface area contributed by atoms with Crippen molar-refractivity contribution in [2.75, 3.05) is 6.54 Å². The summed E-state index contributed by atoms with van der Waals surface area (Å²) in [7, 11) is 0. The number of halogens is 3. The van der Waals surface area contributed by atoms with Gasteiger partial charge in [-0.15, -0.1) is 0 Å². The monoisotopic (exact) mass is 561 g/mol. The van der Waals surface area contributed by atoms with E-state index in [1.165, 1.54) is 12.1 Å². The number of carbonyl (C=O) groups is 2. The molecule has 41 heavy (non-hydrogen) atoms. The van der Waals surface area contributed by atoms with Crippen molar-refractivity contribution < 1.29 is 32.6 Å². The van der Waals surface area contributed by atoms with Crippen LogP contribution in [0.15, 0.2) is 97.1 Å². The van der Waals surface area contributed by atoms with Crippen LogP contribution in [-0.4, -0.2) is 34.5 Å². The van der Waals surface area contributed by atoms with Gasteiger partial charge >= 0.3 is 12.1 Å². The molecule has 1 N–H and O–H groups in total. The molecule has 0 saturated carbocycles. The maximum atomic E-state index is 13.8. The lowest BCUT2D eigenvalue weighted by Crippen LogP contribution is -2.35. The van der Waals surface area contributed by atoms with Crippen molar-refractivity contribution in [1.82, 2.24) is 4.90 Å². The predicted octanol–water partition coefficient (Wildman–Crippen LogP) is 7.48. The molecule has 0 fully saturated rings. The zero-order valence-corrected chi connectivity index (χ0v) is 22.7. The highest BCUT2D eigenvalue weighted by molar-refractivity contribution is 5.98. The normalized spacial score (nSPS) is 11.4. The van der Waals surface area contributed by atoms with Gasteiger partial charge in [0.2, 0.25) is 0 Å². The van der Waals surface area contributed by atoms with Crippen molar-refractivity contribution in [1.29, 1.82) is 0 Å². The Kier molecular flexibility index (Phi) is 9.12. The average Bonchev–Trinajstić information content (AvgIpc) is 2.92. The first-order chi connectivity index (χ1) is 19.5. The number of benzene rings is 4. The zero-order chi connectivity index (χ0) is 29.6. The van der Waals surface area contributed by atoms with Crippen LogP contribution in [-0.2, 0) is 23.9 Å². The molecule has 212 valence electrons. The number of carboxylic acids is 1. The summed E-state index contributed by atoms with van der Waals surface area (Å²) < 4.78 is 45.1. The van der Waals surface area contributed by atoms with E-state index in [-0.39, 0.29) is 12.6 Å². The number of rotatable bonds is 10. The first-order valence-electron chi connectivity index (χ1n) is 13.1. The number of carbonyl (C=O) groups excluding carboxylic acids is 1. The summed E-state index contributed by atoms with van der Waals surface area (Å²) in [4.78, 5) is 26.7. The molecule has 0 aromatic heterocycles. The van der Waals surface area contributed by atoms with Crippen LogP contribution < -0.4 is 4.74 Å². The molecular weight excluding hydrogens is 531 g/mol. The lowest BCUT2D eigenvalue weighted by atomic mass is 9.93. The Labute approximate surface area is 236 Å². The van der Waals surface area contributed by atoms with Crippen LogP contribution in [0.1, 0.15) is 46.5 Å². The number of hydrogen-bond donors (Lipinski definition) is 1. The van der Waals surface area contributed by atoms with E-state index in [1.54, 1.807) is 12.1 Å². The number of nitrogens with zero attached hydrogens (tertiary/aromatic N) is 1. The molecule has 0 aliphatic heterocycles. The van der Waals surface area contributed by atoms with Crippen LogP contribution in [0.2, 0.25) is 0 Å². The molecule has 4 aromatic rings. The van der Waals surface area contributed by atoms with E-state index in [9.17, 15) is 27.9 Å². The second-order valence-electron chi connectivity index (χ2n) is 9.95. The number of ether oxygens (including phenoxy) is 1. The maximum absolute atomic E-state index is 13.8. The molecule has 0 heterocycles. The van der Waals surface area contributed by atoms with Gasteiger partial charge in [-0.1, -0.05) is 66.7 Å². The van der Waals surface area contributed by atoms with E-state index in [0.29, 0.717) is 28.9 Å². The van der Waals surface area contributed by atoms with Gasteiger partial charge in [0, 0.05) is 17.7 Å². The molecule has 0 bridgehead atoms. The minimum Gasteiger partial charge on any atom is -0.490 e. The molecule has 0 spiro atoms. The van der Waals surface area contributed by atoms with Gasteiger partial charge < -0.3 is 14.7 Å². The largest absolute Gasteiger partial charge is 0.490 e. The maximum Gasteiger partial charge on any atom is 0.416 e. The van der Waals surface area contributed by atoms with Gasteiger partial charge in [0.15, 0.2) is 0 Å². The van der Waals surface area contributed by atoms with E-state index in [2.05, 4.69) is 0 Å². The Hall–Kier alpha value is -4.59. The lowest BCUT2D eigenvalue weighted by molar-refractivity contribution is -0.138. The third kappa shape index (κ3) is 7.75. The van der Waals surface area contributed by atoms with Crippen LogP contribution >= 0.6 is 0 Å². The minimum absolute atomic E-state index is 0.0458. The summed E-state index contributed by atoms with van der Waals surface area (Å²) in [5.41, 5.74) is 3.19. The smallest absolute Gasteiger partial charge is 0.416 e. The van der Waals surface area contributed by atoms with Crippen molar-refractivity contribution in [3.05, 3.63) is 125 Å². The fourth-order valence-electron chi connectivity index (χ4n) is 4.55. The van der Waals surface area contributed by atoms with Crippen molar-refractivity contribution in [3.63, 3.8) is 0 Å². The fraction of sp³-hybridized carbons (Fsp3) is 0.212. The molecule has 0 unspecified atom stereocenters. The SMILES string of the molecule is CC(C)Oc1ccccc1-c1ccc(C(=O)N(CC(=O)O)Cc2ccc(C(F)(F)F)cc2)c(Cc2ccccc2)c1. The summed E-state index contributed by atoms with van der Waals surface area (Å²) >= 11 is 0. The molecule has 5 nitrogen and oxygen atoms in total. The van der Waals surface area contributed by atoms with Crippen LogP contribution in [0.25, 0.3) is 11.1 Å².